The van der Waals surface area contributed by atoms with E-state index in [1.165, 1.54) is 14.2 Å². The molecule has 1 heterocycles. The summed E-state index contributed by atoms with van der Waals surface area (Å²) in [6.07, 6.45) is 2.53. The zero-order valence-corrected chi connectivity index (χ0v) is 13.8. The highest BCUT2D eigenvalue weighted by atomic mass is 35.5. The smallest absolute Gasteiger partial charge is 0.190 e. The molecule has 1 aromatic heterocycles. The van der Waals surface area contributed by atoms with Gasteiger partial charge in [-0.2, -0.15) is 0 Å². The van der Waals surface area contributed by atoms with Crippen LogP contribution in [0.25, 0.3) is 0 Å². The van der Waals surface area contributed by atoms with E-state index in [0.717, 1.165) is 5.56 Å². The maximum absolute atomic E-state index is 11.2. The summed E-state index contributed by atoms with van der Waals surface area (Å²) in [5.74, 6) is 0. The predicted molar refractivity (Wildman–Crippen MR) is 86.1 cm³/mol. The first kappa shape index (κ1) is 17.2. The van der Waals surface area contributed by atoms with Gasteiger partial charge in [0, 0.05) is 48.6 Å². The average Bonchev–Trinajstić information content (AvgIpc) is 2.52. The maximum Gasteiger partial charge on any atom is 0.190 e. The molecule has 0 amide bonds. The van der Waals surface area contributed by atoms with Crippen LogP contribution in [0, 0.1) is 0 Å². The second-order valence-corrected chi connectivity index (χ2v) is 5.73. The van der Waals surface area contributed by atoms with Gasteiger partial charge < -0.3 is 14.6 Å². The number of ether oxygens (including phenoxy) is 2. The predicted octanol–water partition coefficient (Wildman–Crippen LogP) is 3.44. The maximum atomic E-state index is 11.2. The fourth-order valence-electron chi connectivity index (χ4n) is 2.38. The van der Waals surface area contributed by atoms with Gasteiger partial charge in [-0.05, 0) is 23.8 Å². The molecule has 1 unspecified atom stereocenters. The summed E-state index contributed by atoms with van der Waals surface area (Å²) < 4.78 is 10.6. The normalized spacial score (nSPS) is 14.1. The van der Waals surface area contributed by atoms with E-state index < -0.39 is 11.9 Å². The molecular formula is C16H17Cl2NO3. The molecule has 0 fully saturated rings. The lowest BCUT2D eigenvalue weighted by Crippen LogP contribution is -2.44. The topological polar surface area (TPSA) is 51.6 Å². The third kappa shape index (κ3) is 3.59. The average molecular weight is 342 g/mol. The van der Waals surface area contributed by atoms with Crippen molar-refractivity contribution in [3.63, 3.8) is 0 Å². The van der Waals surface area contributed by atoms with Gasteiger partial charge in [0.05, 0.1) is 0 Å². The Morgan fingerprint density at radius 2 is 1.95 bits per heavy atom. The summed E-state index contributed by atoms with van der Waals surface area (Å²) in [6, 6.07) is 8.64. The van der Waals surface area contributed by atoms with Gasteiger partial charge in [-0.25, -0.2) is 0 Å². The SMILES string of the molecule is COC(OC)C(O)(Cc1ccc(Cl)cc1Cl)c1cccnc1. The second-order valence-electron chi connectivity index (χ2n) is 4.88. The van der Waals surface area contributed by atoms with Crippen LogP contribution in [0.3, 0.4) is 0 Å². The quantitative estimate of drug-likeness (QED) is 0.817. The number of pyridine rings is 1. The molecule has 1 N–H and O–H groups in total. The van der Waals surface area contributed by atoms with Crippen molar-refractivity contribution in [1.29, 1.82) is 0 Å². The van der Waals surface area contributed by atoms with E-state index in [4.69, 9.17) is 32.7 Å². The summed E-state index contributed by atoms with van der Waals surface area (Å²) in [4.78, 5) is 4.05. The number of hydrogen-bond acceptors (Lipinski definition) is 4. The number of nitrogens with zero attached hydrogens (tertiary/aromatic N) is 1. The standard InChI is InChI=1S/C16H17Cl2NO3/c1-21-15(22-2)16(20,12-4-3-7-19-10-12)9-11-5-6-13(17)8-14(11)18/h3-8,10,15,20H,9H2,1-2H3. The summed E-state index contributed by atoms with van der Waals surface area (Å²) in [5.41, 5.74) is -0.124. The minimum atomic E-state index is -1.44. The first-order valence-corrected chi connectivity index (χ1v) is 7.39. The number of halogens is 2. The molecule has 1 aromatic carbocycles. The number of hydrogen-bond donors (Lipinski definition) is 1. The fraction of sp³-hybridized carbons (Fsp3) is 0.312. The number of aliphatic hydroxyl groups is 1. The molecule has 2 rings (SSSR count). The van der Waals surface area contributed by atoms with E-state index in [0.29, 0.717) is 15.6 Å². The lowest BCUT2D eigenvalue weighted by molar-refractivity contribution is -0.220. The summed E-state index contributed by atoms with van der Waals surface area (Å²) in [7, 11) is 2.94. The van der Waals surface area contributed by atoms with Crippen LogP contribution in [0.1, 0.15) is 11.1 Å². The van der Waals surface area contributed by atoms with Gasteiger partial charge in [0.1, 0.15) is 5.60 Å². The molecule has 118 valence electrons. The molecule has 0 saturated carbocycles. The lowest BCUT2D eigenvalue weighted by Gasteiger charge is -2.34. The minimum Gasteiger partial charge on any atom is -0.379 e. The Labute approximate surface area is 139 Å². The Bertz CT molecular complexity index is 620. The molecule has 1 atom stereocenters. The Kier molecular flexibility index (Phi) is 5.78. The van der Waals surface area contributed by atoms with Crippen LogP contribution in [0.5, 0.6) is 0 Å². The van der Waals surface area contributed by atoms with Crippen LogP contribution in [0.2, 0.25) is 10.0 Å². The summed E-state index contributed by atoms with van der Waals surface area (Å²) in [6.45, 7) is 0. The van der Waals surface area contributed by atoms with Gasteiger partial charge in [0.15, 0.2) is 6.29 Å². The summed E-state index contributed by atoms with van der Waals surface area (Å²) >= 11 is 12.1. The van der Waals surface area contributed by atoms with Crippen molar-refractivity contribution >= 4 is 23.2 Å². The second kappa shape index (κ2) is 7.40. The van der Waals surface area contributed by atoms with E-state index in [1.54, 1.807) is 42.7 Å². The molecule has 0 radical (unpaired) electrons. The van der Waals surface area contributed by atoms with Gasteiger partial charge >= 0.3 is 0 Å². The van der Waals surface area contributed by atoms with Crippen LogP contribution in [0.4, 0.5) is 0 Å². The van der Waals surface area contributed by atoms with Crippen molar-refractivity contribution in [2.45, 2.75) is 18.3 Å². The molecule has 2 aromatic rings. The number of aromatic nitrogens is 1. The number of rotatable bonds is 6. The molecule has 0 bridgehead atoms. The van der Waals surface area contributed by atoms with Gasteiger partial charge in [-0.3, -0.25) is 4.98 Å². The minimum absolute atomic E-state index is 0.195. The zero-order chi connectivity index (χ0) is 16.2. The first-order chi connectivity index (χ1) is 10.5. The summed E-state index contributed by atoms with van der Waals surface area (Å²) in [5, 5.41) is 12.2. The zero-order valence-electron chi connectivity index (χ0n) is 12.3. The van der Waals surface area contributed by atoms with E-state index in [2.05, 4.69) is 4.98 Å². The van der Waals surface area contributed by atoms with Crippen LogP contribution in [-0.2, 0) is 21.5 Å². The van der Waals surface area contributed by atoms with E-state index >= 15 is 0 Å². The first-order valence-electron chi connectivity index (χ1n) is 6.63. The van der Waals surface area contributed by atoms with Gasteiger partial charge in [0.25, 0.3) is 0 Å². The molecule has 0 aliphatic carbocycles. The van der Waals surface area contributed by atoms with Crippen molar-refractivity contribution in [2.24, 2.45) is 0 Å². The van der Waals surface area contributed by atoms with Gasteiger partial charge in [-0.1, -0.05) is 35.3 Å². The van der Waals surface area contributed by atoms with Crippen molar-refractivity contribution in [1.82, 2.24) is 4.98 Å². The van der Waals surface area contributed by atoms with Gasteiger partial charge in [-0.15, -0.1) is 0 Å². The molecule has 0 aliphatic rings. The highest BCUT2D eigenvalue weighted by Gasteiger charge is 2.40. The van der Waals surface area contributed by atoms with Gasteiger partial charge in [0.2, 0.25) is 0 Å². The molecule has 6 heteroatoms. The van der Waals surface area contributed by atoms with Crippen LogP contribution >= 0.6 is 23.2 Å². The van der Waals surface area contributed by atoms with E-state index in [1.807, 2.05) is 0 Å². The number of methoxy groups -OCH3 is 2. The number of benzene rings is 1. The molecule has 0 aliphatic heterocycles. The molecule has 0 saturated heterocycles. The molecular weight excluding hydrogens is 325 g/mol. The highest BCUT2D eigenvalue weighted by Crippen LogP contribution is 2.34. The Hall–Kier alpha value is -1.17. The monoisotopic (exact) mass is 341 g/mol. The van der Waals surface area contributed by atoms with Crippen molar-refractivity contribution < 1.29 is 14.6 Å². The van der Waals surface area contributed by atoms with Crippen molar-refractivity contribution in [2.75, 3.05) is 14.2 Å². The van der Waals surface area contributed by atoms with Crippen LogP contribution < -0.4 is 0 Å². The van der Waals surface area contributed by atoms with Crippen LogP contribution in [-0.4, -0.2) is 30.6 Å². The largest absolute Gasteiger partial charge is 0.379 e. The van der Waals surface area contributed by atoms with Crippen molar-refractivity contribution in [3.8, 4) is 0 Å². The Morgan fingerprint density at radius 1 is 1.23 bits per heavy atom. The third-order valence-corrected chi connectivity index (χ3v) is 4.04. The molecule has 4 nitrogen and oxygen atoms in total. The van der Waals surface area contributed by atoms with Crippen molar-refractivity contribution in [3.05, 3.63) is 63.9 Å². The molecule has 0 spiro atoms. The lowest BCUT2D eigenvalue weighted by atomic mass is 9.87. The van der Waals surface area contributed by atoms with E-state index in [-0.39, 0.29) is 6.42 Å². The van der Waals surface area contributed by atoms with E-state index in [9.17, 15) is 5.11 Å². The highest BCUT2D eigenvalue weighted by molar-refractivity contribution is 6.35. The Morgan fingerprint density at radius 3 is 2.50 bits per heavy atom. The third-order valence-electron chi connectivity index (χ3n) is 3.45. The Balaban J connectivity index is 2.45. The fourth-order valence-corrected chi connectivity index (χ4v) is 2.86. The molecule has 22 heavy (non-hydrogen) atoms. The van der Waals surface area contributed by atoms with Crippen LogP contribution in [0.15, 0.2) is 42.7 Å².